The van der Waals surface area contributed by atoms with Gasteiger partial charge in [0.25, 0.3) is 0 Å². The van der Waals surface area contributed by atoms with Gasteiger partial charge in [-0.15, -0.1) is 0 Å². The Morgan fingerprint density at radius 3 is 2.28 bits per heavy atom. The number of carbonyl (C=O) groups excluding carboxylic acids is 2. The number of nitrogens with one attached hydrogen (secondary N) is 1. The number of nitrogens with zero attached hydrogens (tertiary/aromatic N) is 2. The first-order chi connectivity index (χ1) is 17.9. The van der Waals surface area contributed by atoms with Crippen LogP contribution in [0.2, 0.25) is 0 Å². The van der Waals surface area contributed by atoms with Crippen molar-refractivity contribution in [3.8, 4) is 6.07 Å². The molecule has 212 valence electrons. The molecule has 0 radical (unpaired) electrons. The molecule has 7 atom stereocenters. The number of hydrazine groups is 1. The summed E-state index contributed by atoms with van der Waals surface area (Å²) in [6, 6.07) is 2.20. The van der Waals surface area contributed by atoms with Crippen LogP contribution in [0, 0.1) is 66.5 Å². The Morgan fingerprint density at radius 2 is 1.67 bits per heavy atom. The maximum atomic E-state index is 14.7. The van der Waals surface area contributed by atoms with Gasteiger partial charge in [0.1, 0.15) is 6.07 Å². The normalized spacial score (nSPS) is 45.8. The summed E-state index contributed by atoms with van der Waals surface area (Å²) in [5.74, 6) is 6.32. The summed E-state index contributed by atoms with van der Waals surface area (Å²) < 4.78 is 0. The van der Waals surface area contributed by atoms with Gasteiger partial charge in [-0.1, -0.05) is 67.0 Å². The zero-order valence-electron chi connectivity index (χ0n) is 25.3. The Morgan fingerprint density at radius 1 is 1.03 bits per heavy atom. The number of hydrogen-bond acceptors (Lipinski definition) is 5. The highest BCUT2D eigenvalue weighted by Gasteiger charge is 2.73. The third-order valence-corrected chi connectivity index (χ3v) is 13.3. The minimum Gasteiger partial charge on any atom is -0.301 e. The molecule has 3 fully saturated rings. The lowest BCUT2D eigenvalue weighted by atomic mass is 9.31. The lowest BCUT2D eigenvalue weighted by molar-refractivity contribution is -0.209. The maximum Gasteiger partial charge on any atom is 0.178 e. The Hall–Kier alpha value is -2.26. The number of rotatable bonds is 3. The number of fused-ring (bicyclic) bond motifs is 7. The van der Waals surface area contributed by atoms with Crippen molar-refractivity contribution in [3.63, 3.8) is 0 Å². The van der Waals surface area contributed by atoms with Gasteiger partial charge in [-0.3, -0.25) is 15.0 Å². The fourth-order valence-corrected chi connectivity index (χ4v) is 11.3. The summed E-state index contributed by atoms with van der Waals surface area (Å²) in [6.45, 7) is 18.5. The van der Waals surface area contributed by atoms with E-state index in [4.69, 9.17) is 11.3 Å². The highest BCUT2D eigenvalue weighted by Crippen LogP contribution is 2.77. The van der Waals surface area contributed by atoms with Gasteiger partial charge < -0.3 is 5.01 Å². The van der Waals surface area contributed by atoms with Gasteiger partial charge in [-0.05, 0) is 84.0 Å². The van der Waals surface area contributed by atoms with Crippen LogP contribution in [0.4, 0.5) is 0 Å². The zero-order valence-corrected chi connectivity index (χ0v) is 25.3. The van der Waals surface area contributed by atoms with E-state index in [0.29, 0.717) is 6.54 Å². The van der Waals surface area contributed by atoms with Crippen LogP contribution in [0.1, 0.15) is 100 Å². The molecule has 0 bridgehead atoms. The van der Waals surface area contributed by atoms with Gasteiger partial charge in [0.15, 0.2) is 11.6 Å². The summed E-state index contributed by atoms with van der Waals surface area (Å²) in [4.78, 5) is 27.9. The Labute approximate surface area is 234 Å². The largest absolute Gasteiger partial charge is 0.301 e. The number of allylic oxidation sites excluding steroid dienone is 4. The first-order valence-corrected chi connectivity index (χ1v) is 14.8. The van der Waals surface area contributed by atoms with Crippen LogP contribution in [0.25, 0.3) is 0 Å². The quantitative estimate of drug-likeness (QED) is 0.190. The van der Waals surface area contributed by atoms with E-state index in [1.165, 1.54) is 11.3 Å². The molecule has 39 heavy (non-hydrogen) atoms. The number of Topliss-reactive ketones (excluding diaryl/α,β-unsaturated/α-hetero) is 1. The topological polar surface area (TPSA) is 111 Å². The van der Waals surface area contributed by atoms with Crippen LogP contribution in [0.5, 0.6) is 0 Å². The van der Waals surface area contributed by atoms with Gasteiger partial charge in [0, 0.05) is 23.3 Å². The average molecular weight is 533 g/mol. The predicted molar refractivity (Wildman–Crippen MR) is 153 cm³/mol. The van der Waals surface area contributed by atoms with E-state index >= 15 is 0 Å². The molecule has 1 unspecified atom stereocenters. The van der Waals surface area contributed by atoms with Crippen molar-refractivity contribution < 1.29 is 9.59 Å². The Bertz CT molecular complexity index is 1250. The van der Waals surface area contributed by atoms with Crippen molar-refractivity contribution in [2.75, 3.05) is 6.54 Å². The monoisotopic (exact) mass is 532 g/mol. The summed E-state index contributed by atoms with van der Waals surface area (Å²) in [5.41, 5.74) is -0.577. The first-order valence-electron chi connectivity index (χ1n) is 14.8. The van der Waals surface area contributed by atoms with E-state index in [2.05, 4.69) is 47.6 Å². The second kappa shape index (κ2) is 8.15. The summed E-state index contributed by atoms with van der Waals surface area (Å²) >= 11 is 0. The van der Waals surface area contributed by atoms with Crippen molar-refractivity contribution in [2.24, 2.45) is 55.6 Å². The van der Waals surface area contributed by atoms with E-state index in [-0.39, 0.29) is 56.1 Å². The lowest BCUT2D eigenvalue weighted by Crippen LogP contribution is -2.69. The molecule has 0 aliphatic heterocycles. The number of nitrogens with two attached hydrogens (primary N) is 1. The molecule has 6 heteroatoms. The zero-order chi connectivity index (χ0) is 29.0. The molecule has 5 rings (SSSR count). The van der Waals surface area contributed by atoms with Crippen LogP contribution >= 0.6 is 0 Å². The summed E-state index contributed by atoms with van der Waals surface area (Å²) in [7, 11) is 0. The van der Waals surface area contributed by atoms with Crippen molar-refractivity contribution in [1.82, 2.24) is 5.01 Å². The van der Waals surface area contributed by atoms with E-state index in [1.807, 2.05) is 26.0 Å². The lowest BCUT2D eigenvalue weighted by Gasteiger charge is -2.72. The van der Waals surface area contributed by atoms with Crippen LogP contribution in [-0.2, 0) is 9.59 Å². The third-order valence-electron chi connectivity index (χ3n) is 13.3. The number of nitriles is 1. The Kier molecular flexibility index (Phi) is 5.91. The van der Waals surface area contributed by atoms with Gasteiger partial charge in [-0.2, -0.15) is 5.26 Å². The standard InChI is InChI=1S/C33H48N4O2/c1-27(2)11-13-33(19-37(36)20-35)14-12-31(7)25(32(33,8)18-27)22(38)15-24-29(5)16-21(17-34)26(39)28(3,4)23(29)9-10-30(24,31)6/h15-16,20,23,25,35H,9-14,18-19,36H2,1-8H3/t23?,25-,29-,30+,31+,32-,33+/m0/s1. The molecule has 5 aliphatic rings. The minimum atomic E-state index is -0.657. The molecule has 0 saturated heterocycles. The second-order valence-corrected chi connectivity index (χ2v) is 16.1. The molecule has 6 nitrogen and oxygen atoms in total. The number of ketones is 2. The highest BCUT2D eigenvalue weighted by atomic mass is 16.1. The molecule has 0 aromatic heterocycles. The van der Waals surface area contributed by atoms with Gasteiger partial charge in [0.05, 0.1) is 11.9 Å². The minimum absolute atomic E-state index is 0.0483. The average Bonchev–Trinajstić information content (AvgIpc) is 2.83. The van der Waals surface area contributed by atoms with Gasteiger partial charge in [-0.25, -0.2) is 5.84 Å². The highest BCUT2D eigenvalue weighted by molar-refractivity contribution is 6.04. The first kappa shape index (κ1) is 28.3. The van der Waals surface area contributed by atoms with Crippen LogP contribution in [-0.4, -0.2) is 29.5 Å². The predicted octanol–water partition coefficient (Wildman–Crippen LogP) is 6.38. The van der Waals surface area contributed by atoms with Crippen LogP contribution in [0.3, 0.4) is 0 Å². The van der Waals surface area contributed by atoms with E-state index in [0.717, 1.165) is 50.5 Å². The smallest absolute Gasteiger partial charge is 0.178 e. The van der Waals surface area contributed by atoms with Crippen molar-refractivity contribution in [3.05, 3.63) is 23.3 Å². The summed E-state index contributed by atoms with van der Waals surface area (Å²) in [5, 5.41) is 19.3. The maximum absolute atomic E-state index is 14.7. The number of hydrogen-bond donors (Lipinski definition) is 2. The molecule has 0 heterocycles. The molecule has 0 aromatic carbocycles. The second-order valence-electron chi connectivity index (χ2n) is 16.1. The molecule has 0 spiro atoms. The number of carbonyl (C=O) groups is 2. The fourth-order valence-electron chi connectivity index (χ4n) is 11.3. The molecule has 3 N–H and O–H groups in total. The molecule has 3 saturated carbocycles. The van der Waals surface area contributed by atoms with Gasteiger partial charge in [0.2, 0.25) is 0 Å². The van der Waals surface area contributed by atoms with E-state index < -0.39 is 10.8 Å². The molecule has 5 aliphatic carbocycles. The summed E-state index contributed by atoms with van der Waals surface area (Å²) in [6.07, 6.45) is 11.9. The van der Waals surface area contributed by atoms with Crippen molar-refractivity contribution in [1.29, 1.82) is 10.7 Å². The molecule has 0 amide bonds. The molecular formula is C33H48N4O2. The van der Waals surface area contributed by atoms with Crippen LogP contribution in [0.15, 0.2) is 23.3 Å². The van der Waals surface area contributed by atoms with Crippen molar-refractivity contribution in [2.45, 2.75) is 100 Å². The third kappa shape index (κ3) is 3.38. The van der Waals surface area contributed by atoms with E-state index in [9.17, 15) is 14.9 Å². The van der Waals surface area contributed by atoms with E-state index in [1.54, 1.807) is 0 Å². The fraction of sp³-hybridized carbons (Fsp3) is 0.758. The van der Waals surface area contributed by atoms with Crippen molar-refractivity contribution >= 4 is 17.9 Å². The van der Waals surface area contributed by atoms with Crippen LogP contribution < -0.4 is 5.84 Å². The SMILES string of the molecule is CC1(C)CC[C@]2(CN(N)C=N)CC[C@]3(C)[C@H](C(=O)C=C4[C@@]5(C)C=C(C#N)C(=O)C(C)(C)C5CC[C@]43C)[C@]2(C)C1. The molecule has 0 aromatic rings. The van der Waals surface area contributed by atoms with Gasteiger partial charge >= 0.3 is 0 Å². The molecular weight excluding hydrogens is 484 g/mol. The Balaban J connectivity index is 1.72.